The minimum atomic E-state index is -1.72. The van der Waals surface area contributed by atoms with Gasteiger partial charge in [-0.2, -0.15) is 0 Å². The first kappa shape index (κ1) is 19.1. The van der Waals surface area contributed by atoms with Crippen LogP contribution in [-0.2, 0) is 16.4 Å². The van der Waals surface area contributed by atoms with Gasteiger partial charge in [-0.15, -0.1) is 0 Å². The number of hydrogen-bond acceptors (Lipinski definition) is 1. The van der Waals surface area contributed by atoms with Crippen molar-refractivity contribution in [1.82, 2.24) is 0 Å². The lowest BCUT2D eigenvalue weighted by molar-refractivity contribution is 0.320. The predicted molar refractivity (Wildman–Crippen MR) is 117 cm³/mol. The van der Waals surface area contributed by atoms with Crippen molar-refractivity contribution in [2.45, 2.75) is 32.8 Å². The second kappa shape index (κ2) is 8.34. The van der Waals surface area contributed by atoms with Crippen LogP contribution < -0.4 is 10.4 Å². The first-order chi connectivity index (χ1) is 12.4. The Morgan fingerprint density at radius 1 is 0.808 bits per heavy atom. The molecule has 1 nitrogen and oxygen atoms in total. The largest absolute Gasteiger partial charge is 0.407 e. The average molecular weight is 425 g/mol. The number of halogens is 1. The Kier molecular flexibility index (Phi) is 6.12. The lowest BCUT2D eigenvalue weighted by atomic mass is 9.86. The highest BCUT2D eigenvalue weighted by molar-refractivity contribution is 9.10. The van der Waals surface area contributed by atoms with Crippen molar-refractivity contribution in [3.05, 3.63) is 94.5 Å². The smallest absolute Gasteiger partial charge is 0.240 e. The molecule has 0 fully saturated rings. The minimum absolute atomic E-state index is 0.130. The van der Waals surface area contributed by atoms with Crippen LogP contribution in [0.5, 0.6) is 0 Å². The van der Waals surface area contributed by atoms with Gasteiger partial charge >= 0.3 is 0 Å². The summed E-state index contributed by atoms with van der Waals surface area (Å²) in [5.74, 6) is 0. The Bertz CT molecular complexity index is 802. The van der Waals surface area contributed by atoms with E-state index in [0.717, 1.165) is 4.47 Å². The molecule has 0 saturated carbocycles. The fraction of sp³-hybridized carbons (Fsp3) is 0.217. The zero-order valence-electron chi connectivity index (χ0n) is 15.6. The van der Waals surface area contributed by atoms with E-state index in [0.29, 0.717) is 6.61 Å². The van der Waals surface area contributed by atoms with Crippen LogP contribution in [0.15, 0.2) is 83.3 Å². The van der Waals surface area contributed by atoms with E-state index in [1.807, 2.05) is 0 Å². The topological polar surface area (TPSA) is 9.23 Å². The summed E-state index contributed by atoms with van der Waals surface area (Å²) in [6.07, 6.45) is 0. The van der Waals surface area contributed by atoms with Gasteiger partial charge in [0, 0.05) is 4.47 Å². The summed E-state index contributed by atoms with van der Waals surface area (Å²) in [4.78, 5) is 0. The van der Waals surface area contributed by atoms with Crippen molar-refractivity contribution in [2.24, 2.45) is 0 Å². The van der Waals surface area contributed by atoms with Crippen LogP contribution in [0, 0.1) is 0 Å². The Morgan fingerprint density at radius 3 is 1.85 bits per heavy atom. The Hall–Kier alpha value is -1.68. The predicted octanol–water partition coefficient (Wildman–Crippen LogP) is 4.80. The highest BCUT2D eigenvalue weighted by Crippen LogP contribution is 2.27. The lowest BCUT2D eigenvalue weighted by Crippen LogP contribution is -2.44. The quantitative estimate of drug-likeness (QED) is 0.534. The van der Waals surface area contributed by atoms with Crippen molar-refractivity contribution in [2.75, 3.05) is 0 Å². The molecule has 3 aromatic rings. The third-order valence-electron chi connectivity index (χ3n) is 4.52. The molecule has 0 spiro atoms. The second-order valence-electron chi connectivity index (χ2n) is 7.57. The second-order valence-corrected chi connectivity index (χ2v) is 10.8. The highest BCUT2D eigenvalue weighted by atomic mass is 79.9. The molecule has 0 aliphatic carbocycles. The van der Waals surface area contributed by atoms with Crippen LogP contribution in [0.2, 0.25) is 0 Å². The van der Waals surface area contributed by atoms with E-state index >= 15 is 0 Å². The van der Waals surface area contributed by atoms with Gasteiger partial charge < -0.3 is 4.43 Å². The maximum atomic E-state index is 6.56. The lowest BCUT2D eigenvalue weighted by Gasteiger charge is -2.22. The monoisotopic (exact) mass is 424 g/mol. The summed E-state index contributed by atoms with van der Waals surface area (Å²) in [6.45, 7) is 7.34. The molecule has 3 heteroatoms. The molecule has 0 radical (unpaired) electrons. The van der Waals surface area contributed by atoms with E-state index in [-0.39, 0.29) is 5.41 Å². The first-order valence-corrected chi connectivity index (χ1v) is 11.4. The van der Waals surface area contributed by atoms with E-state index in [4.69, 9.17) is 4.43 Å². The van der Waals surface area contributed by atoms with E-state index in [9.17, 15) is 0 Å². The third kappa shape index (κ3) is 4.73. The van der Waals surface area contributed by atoms with Crippen LogP contribution in [0.3, 0.4) is 0 Å². The van der Waals surface area contributed by atoms with Crippen LogP contribution in [0.1, 0.15) is 31.9 Å². The summed E-state index contributed by atoms with van der Waals surface area (Å²) in [7, 11) is -1.72. The van der Waals surface area contributed by atoms with Gasteiger partial charge in [-0.3, -0.25) is 0 Å². The molecule has 0 saturated heterocycles. The van der Waals surface area contributed by atoms with E-state index < -0.39 is 9.04 Å². The zero-order valence-corrected chi connectivity index (χ0v) is 18.3. The summed E-state index contributed by atoms with van der Waals surface area (Å²) in [6, 6.07) is 27.8. The molecule has 0 atom stereocenters. The number of hydrogen-bond donors (Lipinski definition) is 0. The average Bonchev–Trinajstić information content (AvgIpc) is 2.64. The first-order valence-electron chi connectivity index (χ1n) is 8.95. The number of benzene rings is 3. The maximum Gasteiger partial charge on any atom is 0.240 e. The van der Waals surface area contributed by atoms with Crippen molar-refractivity contribution in [1.29, 1.82) is 0 Å². The van der Waals surface area contributed by atoms with Crippen molar-refractivity contribution in [3.63, 3.8) is 0 Å². The molecule has 0 aliphatic heterocycles. The van der Waals surface area contributed by atoms with E-state index in [1.54, 1.807) is 0 Å². The molecule has 0 unspecified atom stereocenters. The molecule has 0 N–H and O–H groups in total. The molecule has 0 bridgehead atoms. The van der Waals surface area contributed by atoms with Gasteiger partial charge in [-0.25, -0.2) is 0 Å². The molecular weight excluding hydrogens is 400 g/mol. The van der Waals surface area contributed by atoms with Gasteiger partial charge in [0.2, 0.25) is 9.04 Å². The van der Waals surface area contributed by atoms with Gasteiger partial charge in [0.1, 0.15) is 0 Å². The SMILES string of the molecule is CC(C)(C)c1ccc(Br)c(CO[SiH](c2ccccc2)c2ccccc2)c1. The van der Waals surface area contributed by atoms with E-state index in [1.165, 1.54) is 21.5 Å². The molecule has 0 heterocycles. The summed E-state index contributed by atoms with van der Waals surface area (Å²) >= 11 is 3.70. The molecular formula is C23H25BrOSi. The van der Waals surface area contributed by atoms with Crippen molar-refractivity contribution in [3.8, 4) is 0 Å². The fourth-order valence-corrected chi connectivity index (χ4v) is 5.59. The van der Waals surface area contributed by atoms with Gasteiger partial charge in [-0.05, 0) is 33.0 Å². The molecule has 26 heavy (non-hydrogen) atoms. The van der Waals surface area contributed by atoms with Crippen LogP contribution >= 0.6 is 15.9 Å². The highest BCUT2D eigenvalue weighted by Gasteiger charge is 2.19. The molecule has 0 aromatic heterocycles. The maximum absolute atomic E-state index is 6.56. The van der Waals surface area contributed by atoms with E-state index in [2.05, 4.69) is 116 Å². The molecule has 3 aromatic carbocycles. The van der Waals surface area contributed by atoms with Crippen LogP contribution in [-0.4, -0.2) is 9.04 Å². The summed E-state index contributed by atoms with van der Waals surface area (Å²) < 4.78 is 7.67. The van der Waals surface area contributed by atoms with Gasteiger partial charge in [-0.1, -0.05) is 109 Å². The van der Waals surface area contributed by atoms with Gasteiger partial charge in [0.25, 0.3) is 0 Å². The van der Waals surface area contributed by atoms with Crippen LogP contribution in [0.25, 0.3) is 0 Å². The Labute approximate surface area is 166 Å². The van der Waals surface area contributed by atoms with Crippen molar-refractivity contribution < 1.29 is 4.43 Å². The molecule has 134 valence electrons. The number of rotatable bonds is 5. The minimum Gasteiger partial charge on any atom is -0.407 e. The Balaban J connectivity index is 1.87. The molecule has 0 aliphatic rings. The zero-order chi connectivity index (χ0) is 18.6. The molecule has 0 amide bonds. The van der Waals surface area contributed by atoms with Crippen molar-refractivity contribution >= 4 is 35.3 Å². The normalized spacial score (nSPS) is 11.7. The summed E-state index contributed by atoms with van der Waals surface area (Å²) in [5, 5.41) is 2.61. The third-order valence-corrected chi connectivity index (χ3v) is 7.78. The van der Waals surface area contributed by atoms with Crippen LogP contribution in [0.4, 0.5) is 0 Å². The fourth-order valence-electron chi connectivity index (χ4n) is 2.97. The van der Waals surface area contributed by atoms with Gasteiger partial charge in [0.15, 0.2) is 0 Å². The molecule has 3 rings (SSSR count). The van der Waals surface area contributed by atoms with Gasteiger partial charge in [0.05, 0.1) is 6.61 Å². The Morgan fingerprint density at radius 2 is 1.35 bits per heavy atom. The standard InChI is InChI=1S/C23H25BrOSi/c1-23(2,3)19-14-15-22(24)18(16-19)17-25-26(20-10-6-4-7-11-20)21-12-8-5-9-13-21/h4-16,26H,17H2,1-3H3. The summed E-state index contributed by atoms with van der Waals surface area (Å²) in [5.41, 5.74) is 2.67.